The van der Waals surface area contributed by atoms with Gasteiger partial charge in [0.1, 0.15) is 0 Å². The van der Waals surface area contributed by atoms with Crippen LogP contribution in [0, 0.1) is 10.1 Å². The molecule has 1 aromatic heterocycles. The van der Waals surface area contributed by atoms with Crippen molar-refractivity contribution < 1.29 is 23.6 Å². The Labute approximate surface area is 124 Å². The minimum absolute atomic E-state index is 0.0537. The molecule has 0 amide bonds. The number of non-ortho nitro benzene ring substituents is 1. The molecule has 116 valence electrons. The minimum Gasteiger partial charge on any atom is -0.478 e. The summed E-state index contributed by atoms with van der Waals surface area (Å²) < 4.78 is 25.6. The van der Waals surface area contributed by atoms with Gasteiger partial charge in [-0.05, 0) is 17.8 Å². The van der Waals surface area contributed by atoms with Crippen molar-refractivity contribution in [3.05, 3.63) is 39.7 Å². The highest BCUT2D eigenvalue weighted by Crippen LogP contribution is 2.32. The topological polar surface area (TPSA) is 137 Å². The SMILES string of the molecule is Nn1c(Sc2ccc([N+](=O)[O-])cc2C(=O)O)nnc1C(F)F. The highest BCUT2D eigenvalue weighted by molar-refractivity contribution is 7.99. The number of carboxylic acid groups (broad SMARTS) is 1. The third kappa shape index (κ3) is 2.95. The molecule has 12 heteroatoms. The van der Waals surface area contributed by atoms with E-state index in [0.717, 1.165) is 12.1 Å². The average molecular weight is 331 g/mol. The predicted octanol–water partition coefficient (Wildman–Crippen LogP) is 1.69. The fourth-order valence-corrected chi connectivity index (χ4v) is 2.36. The first-order chi connectivity index (χ1) is 10.3. The van der Waals surface area contributed by atoms with Crippen LogP contribution in [0.4, 0.5) is 14.5 Å². The van der Waals surface area contributed by atoms with E-state index in [1.54, 1.807) is 0 Å². The Morgan fingerprint density at radius 2 is 2.14 bits per heavy atom. The molecule has 22 heavy (non-hydrogen) atoms. The number of nitrogen functional groups attached to an aromatic ring is 1. The third-order valence-electron chi connectivity index (χ3n) is 2.49. The van der Waals surface area contributed by atoms with Gasteiger partial charge in [-0.15, -0.1) is 10.2 Å². The molecule has 0 atom stereocenters. The van der Waals surface area contributed by atoms with Crippen LogP contribution in [0.15, 0.2) is 28.3 Å². The van der Waals surface area contributed by atoms with Crippen LogP contribution in [-0.2, 0) is 0 Å². The first-order valence-corrected chi connectivity index (χ1v) is 6.31. The van der Waals surface area contributed by atoms with Crippen molar-refractivity contribution in [2.24, 2.45) is 0 Å². The summed E-state index contributed by atoms with van der Waals surface area (Å²) in [6.45, 7) is 0. The molecule has 0 fully saturated rings. The van der Waals surface area contributed by atoms with Gasteiger partial charge in [-0.1, -0.05) is 0 Å². The van der Waals surface area contributed by atoms with Gasteiger partial charge < -0.3 is 10.9 Å². The van der Waals surface area contributed by atoms with Gasteiger partial charge in [-0.3, -0.25) is 10.1 Å². The van der Waals surface area contributed by atoms with Gasteiger partial charge in [-0.2, -0.15) is 0 Å². The quantitative estimate of drug-likeness (QED) is 0.479. The Morgan fingerprint density at radius 1 is 1.45 bits per heavy atom. The number of nitrogens with two attached hydrogens (primary N) is 1. The van der Waals surface area contributed by atoms with E-state index in [4.69, 9.17) is 10.9 Å². The van der Waals surface area contributed by atoms with E-state index in [2.05, 4.69) is 10.2 Å². The van der Waals surface area contributed by atoms with Gasteiger partial charge in [0.25, 0.3) is 12.1 Å². The van der Waals surface area contributed by atoms with Gasteiger partial charge in [0.15, 0.2) is 0 Å². The van der Waals surface area contributed by atoms with Crippen LogP contribution in [0.25, 0.3) is 0 Å². The van der Waals surface area contributed by atoms with E-state index in [9.17, 15) is 23.7 Å². The molecule has 0 spiro atoms. The first-order valence-electron chi connectivity index (χ1n) is 5.49. The van der Waals surface area contributed by atoms with Crippen LogP contribution < -0.4 is 5.84 Å². The molecule has 0 unspecified atom stereocenters. The Balaban J connectivity index is 2.41. The summed E-state index contributed by atoms with van der Waals surface area (Å²) >= 11 is 0.655. The summed E-state index contributed by atoms with van der Waals surface area (Å²) in [6.07, 6.45) is -2.94. The number of hydrogen-bond donors (Lipinski definition) is 2. The van der Waals surface area contributed by atoms with Crippen LogP contribution in [0.1, 0.15) is 22.6 Å². The van der Waals surface area contributed by atoms with Crippen LogP contribution >= 0.6 is 11.8 Å². The van der Waals surface area contributed by atoms with Crippen molar-refractivity contribution in [2.45, 2.75) is 16.5 Å². The average Bonchev–Trinajstić information content (AvgIpc) is 2.80. The van der Waals surface area contributed by atoms with Crippen molar-refractivity contribution in [1.82, 2.24) is 14.9 Å². The summed E-state index contributed by atoms with van der Waals surface area (Å²) in [7, 11) is 0. The van der Waals surface area contributed by atoms with E-state index in [1.807, 2.05) is 0 Å². The number of rotatable bonds is 5. The molecular weight excluding hydrogens is 324 g/mol. The molecule has 0 aliphatic carbocycles. The van der Waals surface area contributed by atoms with E-state index < -0.39 is 28.8 Å². The summed E-state index contributed by atoms with van der Waals surface area (Å²) in [4.78, 5) is 21.1. The number of benzene rings is 1. The zero-order valence-corrected chi connectivity index (χ0v) is 11.3. The van der Waals surface area contributed by atoms with Gasteiger partial charge in [0.2, 0.25) is 11.0 Å². The minimum atomic E-state index is -2.94. The number of aromatic nitrogens is 3. The number of carboxylic acids is 1. The van der Waals surface area contributed by atoms with Crippen LogP contribution in [0.2, 0.25) is 0 Å². The van der Waals surface area contributed by atoms with Crippen LogP contribution in [0.5, 0.6) is 0 Å². The largest absolute Gasteiger partial charge is 0.478 e. The second-order valence-electron chi connectivity index (χ2n) is 3.86. The molecule has 1 aromatic carbocycles. The molecule has 0 saturated heterocycles. The van der Waals surface area contributed by atoms with E-state index >= 15 is 0 Å². The third-order valence-corrected chi connectivity index (χ3v) is 3.53. The lowest BCUT2D eigenvalue weighted by atomic mass is 10.2. The number of carbonyl (C=O) groups is 1. The second-order valence-corrected chi connectivity index (χ2v) is 4.87. The van der Waals surface area contributed by atoms with Crippen LogP contribution in [-0.4, -0.2) is 30.9 Å². The molecule has 0 saturated carbocycles. The zero-order valence-electron chi connectivity index (χ0n) is 10.5. The lowest BCUT2D eigenvalue weighted by molar-refractivity contribution is -0.384. The van der Waals surface area contributed by atoms with Gasteiger partial charge in [0, 0.05) is 17.0 Å². The van der Waals surface area contributed by atoms with Crippen molar-refractivity contribution in [3.63, 3.8) is 0 Å². The predicted molar refractivity (Wildman–Crippen MR) is 69.3 cm³/mol. The lowest BCUT2D eigenvalue weighted by Gasteiger charge is -2.05. The normalized spacial score (nSPS) is 10.9. The fourth-order valence-electron chi connectivity index (χ4n) is 1.49. The summed E-state index contributed by atoms with van der Waals surface area (Å²) in [5.74, 6) is 3.20. The van der Waals surface area contributed by atoms with E-state index in [1.165, 1.54) is 6.07 Å². The van der Waals surface area contributed by atoms with Crippen molar-refractivity contribution in [1.29, 1.82) is 0 Å². The van der Waals surface area contributed by atoms with Crippen LogP contribution in [0.3, 0.4) is 0 Å². The smallest absolute Gasteiger partial charge is 0.337 e. The Hall–Kier alpha value is -2.76. The van der Waals surface area contributed by atoms with Gasteiger partial charge in [-0.25, -0.2) is 18.3 Å². The molecule has 9 nitrogen and oxygen atoms in total. The molecule has 0 radical (unpaired) electrons. The molecule has 1 heterocycles. The zero-order chi connectivity index (χ0) is 16.4. The lowest BCUT2D eigenvalue weighted by Crippen LogP contribution is -2.14. The number of aromatic carboxylic acids is 1. The maximum Gasteiger partial charge on any atom is 0.337 e. The fraction of sp³-hybridized carbons (Fsp3) is 0.100. The van der Waals surface area contributed by atoms with Gasteiger partial charge >= 0.3 is 5.97 Å². The summed E-state index contributed by atoms with van der Waals surface area (Å²) in [5.41, 5.74) is -0.787. The van der Waals surface area contributed by atoms with Gasteiger partial charge in [0.05, 0.1) is 10.5 Å². The molecule has 0 bridgehead atoms. The second kappa shape index (κ2) is 5.93. The standard InChI is InChI=1S/C10H7F2N5O4S/c11-7(12)8-14-15-10(16(8)13)22-6-2-1-4(17(20)21)3-5(6)9(18)19/h1-3,7H,13H2,(H,18,19). The molecular formula is C10H7F2N5O4S. The molecule has 0 aliphatic heterocycles. The first kappa shape index (κ1) is 15.6. The van der Waals surface area contributed by atoms with E-state index in [-0.39, 0.29) is 15.6 Å². The Kier molecular flexibility index (Phi) is 4.21. The Bertz CT molecular complexity index is 751. The number of hydrogen-bond acceptors (Lipinski definition) is 7. The molecule has 0 aliphatic rings. The van der Waals surface area contributed by atoms with E-state index in [0.29, 0.717) is 16.4 Å². The van der Waals surface area contributed by atoms with Crippen molar-refractivity contribution >= 4 is 23.4 Å². The number of nitro groups is 1. The highest BCUT2D eigenvalue weighted by atomic mass is 32.2. The van der Waals surface area contributed by atoms with Crippen molar-refractivity contribution in [2.75, 3.05) is 5.84 Å². The number of nitrogens with zero attached hydrogens (tertiary/aromatic N) is 4. The Morgan fingerprint density at radius 3 is 2.64 bits per heavy atom. The highest BCUT2D eigenvalue weighted by Gasteiger charge is 2.22. The molecule has 2 rings (SSSR count). The number of nitro benzene ring substituents is 1. The maximum atomic E-state index is 12.5. The summed E-state index contributed by atoms with van der Waals surface area (Å²) in [6, 6.07) is 3.11. The number of halogens is 2. The monoisotopic (exact) mass is 331 g/mol. The molecule has 2 aromatic rings. The maximum absolute atomic E-state index is 12.5. The summed E-state index contributed by atoms with van der Waals surface area (Å²) in [5, 5.41) is 26.2. The number of alkyl halides is 2. The molecule has 3 N–H and O–H groups in total. The van der Waals surface area contributed by atoms with Crippen molar-refractivity contribution in [3.8, 4) is 0 Å².